The lowest BCUT2D eigenvalue weighted by Gasteiger charge is -2.08. The summed E-state index contributed by atoms with van der Waals surface area (Å²) >= 11 is 0.113. The van der Waals surface area contributed by atoms with E-state index in [1.54, 1.807) is 25.3 Å². The Kier molecular flexibility index (Phi) is 3.79. The molecule has 7 heteroatoms. The van der Waals surface area contributed by atoms with Gasteiger partial charge >= 0.3 is 0 Å². The number of hydrogen-bond acceptors (Lipinski definition) is 3. The minimum Gasteiger partial charge on any atom is -0.306 e. The molecule has 0 bridgehead atoms. The molecule has 0 spiro atoms. The Balaban J connectivity index is 1.78. The van der Waals surface area contributed by atoms with Crippen molar-refractivity contribution in [3.05, 3.63) is 66.0 Å². The highest BCUT2D eigenvalue weighted by Crippen LogP contribution is 2.48. The van der Waals surface area contributed by atoms with E-state index in [1.165, 1.54) is 10.2 Å². The number of aryl methyl sites for hydroxylation is 1. The molecule has 3 heterocycles. The standard InChI is InChI=1S/C20H16F2N4S/c1-12-10-14(4-6-16(12)21)19-18(20(13-2-3-13)26(24-19)27-22)15-5-7-17-23-8-9-25(17)11-15/h4-11,13H,2-3H2,1H3. The third-order valence-corrected chi connectivity index (χ3v) is 5.44. The molecule has 0 aliphatic heterocycles. The van der Waals surface area contributed by atoms with Crippen molar-refractivity contribution in [2.75, 3.05) is 0 Å². The summed E-state index contributed by atoms with van der Waals surface area (Å²) in [5, 5.41) is 4.53. The molecule has 1 aromatic carbocycles. The zero-order chi connectivity index (χ0) is 18.5. The van der Waals surface area contributed by atoms with Gasteiger partial charge in [-0.2, -0.15) is 9.19 Å². The van der Waals surface area contributed by atoms with Crippen molar-refractivity contribution in [2.24, 2.45) is 0 Å². The van der Waals surface area contributed by atoms with Crippen molar-refractivity contribution in [3.8, 4) is 22.4 Å². The van der Waals surface area contributed by atoms with Crippen LogP contribution in [0, 0.1) is 12.7 Å². The normalized spacial score (nSPS) is 14.2. The van der Waals surface area contributed by atoms with Crippen LogP contribution in [0.5, 0.6) is 0 Å². The van der Waals surface area contributed by atoms with Crippen LogP contribution < -0.4 is 0 Å². The van der Waals surface area contributed by atoms with E-state index in [0.717, 1.165) is 40.9 Å². The lowest BCUT2D eigenvalue weighted by atomic mass is 9.97. The number of imidazole rings is 1. The molecule has 4 nitrogen and oxygen atoms in total. The van der Waals surface area contributed by atoms with Gasteiger partial charge in [0.05, 0.1) is 5.69 Å². The predicted octanol–water partition coefficient (Wildman–Crippen LogP) is 5.57. The predicted molar refractivity (Wildman–Crippen MR) is 103 cm³/mol. The van der Waals surface area contributed by atoms with Gasteiger partial charge in [-0.05, 0) is 55.7 Å². The lowest BCUT2D eigenvalue weighted by Crippen LogP contribution is -1.94. The first-order valence-electron chi connectivity index (χ1n) is 8.77. The number of halogens is 2. The van der Waals surface area contributed by atoms with Gasteiger partial charge in [-0.1, -0.05) is 0 Å². The molecule has 3 aromatic heterocycles. The van der Waals surface area contributed by atoms with E-state index < -0.39 is 0 Å². The van der Waals surface area contributed by atoms with Crippen LogP contribution in [0.3, 0.4) is 0 Å². The monoisotopic (exact) mass is 382 g/mol. The van der Waals surface area contributed by atoms with Crippen molar-refractivity contribution < 1.29 is 8.28 Å². The van der Waals surface area contributed by atoms with E-state index in [4.69, 9.17) is 0 Å². The van der Waals surface area contributed by atoms with Crippen molar-refractivity contribution >= 4 is 18.0 Å². The summed E-state index contributed by atoms with van der Waals surface area (Å²) < 4.78 is 30.8. The van der Waals surface area contributed by atoms with Gasteiger partial charge < -0.3 is 4.40 Å². The van der Waals surface area contributed by atoms with Crippen LogP contribution in [0.4, 0.5) is 8.28 Å². The van der Waals surface area contributed by atoms with Crippen molar-refractivity contribution in [1.82, 2.24) is 18.6 Å². The average Bonchev–Trinajstić information content (AvgIpc) is 3.27. The van der Waals surface area contributed by atoms with Crippen LogP contribution in [0.15, 0.2) is 48.9 Å². The second-order valence-corrected chi connectivity index (χ2v) is 7.38. The maximum Gasteiger partial charge on any atom is 0.187 e. The number of aromatic nitrogens is 4. The zero-order valence-electron chi connectivity index (χ0n) is 14.6. The number of hydrogen-bond donors (Lipinski definition) is 0. The minimum absolute atomic E-state index is 0.113. The van der Waals surface area contributed by atoms with Crippen molar-refractivity contribution in [3.63, 3.8) is 0 Å². The molecule has 0 N–H and O–H groups in total. The fourth-order valence-electron chi connectivity index (χ4n) is 3.53. The van der Waals surface area contributed by atoms with Gasteiger partial charge in [0.1, 0.15) is 17.2 Å². The Hall–Kier alpha value is -2.67. The summed E-state index contributed by atoms with van der Waals surface area (Å²) in [5.74, 6) is 0.0337. The van der Waals surface area contributed by atoms with Gasteiger partial charge in [0, 0.05) is 41.2 Å². The van der Waals surface area contributed by atoms with Crippen LogP contribution in [0.2, 0.25) is 0 Å². The number of rotatable bonds is 4. The average molecular weight is 382 g/mol. The second-order valence-electron chi connectivity index (χ2n) is 6.90. The van der Waals surface area contributed by atoms with E-state index in [0.29, 0.717) is 17.2 Å². The fraction of sp³-hybridized carbons (Fsp3) is 0.200. The van der Waals surface area contributed by atoms with Gasteiger partial charge in [0.2, 0.25) is 0 Å². The number of benzene rings is 1. The van der Waals surface area contributed by atoms with E-state index in [-0.39, 0.29) is 18.2 Å². The van der Waals surface area contributed by atoms with Gasteiger partial charge in [-0.15, -0.1) is 3.89 Å². The summed E-state index contributed by atoms with van der Waals surface area (Å²) in [5.41, 5.74) is 5.58. The summed E-state index contributed by atoms with van der Waals surface area (Å²) in [6.45, 7) is 1.72. The molecule has 136 valence electrons. The van der Waals surface area contributed by atoms with Gasteiger partial charge in [-0.3, -0.25) is 0 Å². The molecule has 4 aromatic rings. The molecule has 1 aliphatic carbocycles. The molecule has 27 heavy (non-hydrogen) atoms. The molecule has 5 rings (SSSR count). The Morgan fingerprint density at radius 2 is 1.96 bits per heavy atom. The van der Waals surface area contributed by atoms with E-state index in [2.05, 4.69) is 10.1 Å². The summed E-state index contributed by atoms with van der Waals surface area (Å²) in [7, 11) is 0. The molecular formula is C20H16F2N4S. The first-order valence-corrected chi connectivity index (χ1v) is 9.44. The Bertz CT molecular complexity index is 1160. The highest BCUT2D eigenvalue weighted by Gasteiger charge is 2.34. The molecule has 0 radical (unpaired) electrons. The number of nitrogens with zero attached hydrogens (tertiary/aromatic N) is 4. The summed E-state index contributed by atoms with van der Waals surface area (Å²) in [4.78, 5) is 4.28. The molecule has 0 saturated heterocycles. The van der Waals surface area contributed by atoms with E-state index in [1.807, 2.05) is 28.9 Å². The molecular weight excluding hydrogens is 366 g/mol. The Morgan fingerprint density at radius 3 is 2.70 bits per heavy atom. The summed E-state index contributed by atoms with van der Waals surface area (Å²) in [6, 6.07) is 8.82. The first-order chi connectivity index (χ1) is 13.2. The van der Waals surface area contributed by atoms with Crippen LogP contribution in [0.1, 0.15) is 30.0 Å². The van der Waals surface area contributed by atoms with Crippen LogP contribution in [0.25, 0.3) is 28.0 Å². The summed E-state index contributed by atoms with van der Waals surface area (Å²) in [6.07, 6.45) is 7.65. The first kappa shape index (κ1) is 16.5. The quantitative estimate of drug-likeness (QED) is 0.463. The van der Waals surface area contributed by atoms with E-state index >= 15 is 0 Å². The van der Waals surface area contributed by atoms with Crippen LogP contribution in [-0.2, 0) is 0 Å². The molecule has 1 saturated carbocycles. The highest BCUT2D eigenvalue weighted by molar-refractivity contribution is 7.92. The zero-order valence-corrected chi connectivity index (χ0v) is 15.4. The third-order valence-electron chi connectivity index (χ3n) is 5.03. The van der Waals surface area contributed by atoms with Gasteiger partial charge in [0.25, 0.3) is 0 Å². The Morgan fingerprint density at radius 1 is 1.15 bits per heavy atom. The largest absolute Gasteiger partial charge is 0.306 e. The minimum atomic E-state index is -0.262. The number of pyridine rings is 1. The van der Waals surface area contributed by atoms with Crippen molar-refractivity contribution in [1.29, 1.82) is 0 Å². The van der Waals surface area contributed by atoms with Gasteiger partial charge in [0.15, 0.2) is 12.3 Å². The fourth-order valence-corrected chi connectivity index (χ4v) is 3.96. The van der Waals surface area contributed by atoms with Crippen LogP contribution in [-0.4, -0.2) is 18.6 Å². The van der Waals surface area contributed by atoms with Crippen LogP contribution >= 0.6 is 12.3 Å². The number of fused-ring (bicyclic) bond motifs is 1. The maximum absolute atomic E-state index is 13.8. The molecule has 0 unspecified atom stereocenters. The molecule has 0 atom stereocenters. The highest BCUT2D eigenvalue weighted by atomic mass is 32.2. The van der Waals surface area contributed by atoms with Crippen molar-refractivity contribution in [2.45, 2.75) is 25.7 Å². The smallest absolute Gasteiger partial charge is 0.187 e. The maximum atomic E-state index is 13.8. The molecule has 0 amide bonds. The topological polar surface area (TPSA) is 35.1 Å². The third kappa shape index (κ3) is 2.73. The Labute approximate surface area is 159 Å². The molecule has 1 aliphatic rings. The molecule has 1 fully saturated rings. The second kappa shape index (κ2) is 6.20. The van der Waals surface area contributed by atoms with E-state index in [9.17, 15) is 8.28 Å². The van der Waals surface area contributed by atoms with Gasteiger partial charge in [-0.25, -0.2) is 9.37 Å². The lowest BCUT2D eigenvalue weighted by molar-refractivity contribution is 0.618. The SMILES string of the molecule is Cc1cc(-c2nn(SF)c(C3CC3)c2-c2ccc3nccn3c2)ccc1F.